The molecule has 1 aliphatic heterocycles. The summed E-state index contributed by atoms with van der Waals surface area (Å²) < 4.78 is 6.23. The lowest BCUT2D eigenvalue weighted by molar-refractivity contribution is 0.317. The molecule has 1 aromatic heterocycles. The first-order valence-electron chi connectivity index (χ1n) is 11.6. The van der Waals surface area contributed by atoms with Gasteiger partial charge in [-0.3, -0.25) is 0 Å². The van der Waals surface area contributed by atoms with Crippen LogP contribution in [0, 0.1) is 0 Å². The number of ether oxygens (including phenoxy) is 1. The number of nitrogens with one attached hydrogen (secondary N) is 1. The highest BCUT2D eigenvalue weighted by molar-refractivity contribution is 7.80. The molecule has 2 heterocycles. The van der Waals surface area contributed by atoms with Crippen LogP contribution in [0.3, 0.4) is 0 Å². The van der Waals surface area contributed by atoms with Crippen LogP contribution in [0.2, 0.25) is 0 Å². The molecule has 4 heteroatoms. The van der Waals surface area contributed by atoms with Crippen LogP contribution in [0.25, 0.3) is 10.9 Å². The van der Waals surface area contributed by atoms with Crippen molar-refractivity contribution in [3.8, 4) is 0 Å². The van der Waals surface area contributed by atoms with Gasteiger partial charge in [0.1, 0.15) is 6.61 Å². The maximum atomic E-state index is 6.23. The zero-order valence-corrected chi connectivity index (χ0v) is 19.7. The van der Waals surface area contributed by atoms with Gasteiger partial charge >= 0.3 is 0 Å². The second kappa shape index (κ2) is 9.29. The number of para-hydroxylation sites is 1. The average molecular weight is 461 g/mol. The second-order valence-electron chi connectivity index (χ2n) is 8.49. The number of benzene rings is 4. The van der Waals surface area contributed by atoms with Gasteiger partial charge in [0, 0.05) is 29.1 Å². The van der Waals surface area contributed by atoms with E-state index in [1.165, 1.54) is 32.4 Å². The van der Waals surface area contributed by atoms with Crippen molar-refractivity contribution in [1.82, 2.24) is 4.98 Å². The van der Waals surface area contributed by atoms with Gasteiger partial charge in [-0.15, -0.1) is 0 Å². The standard InChI is InChI=1S/C30H25N2OP/c1-3-11-24(12-4-1)34(25-13-5-2-6-14-25)29-18-10-8-16-27(29)30-32-23(21-33-30)19-22-20-31-28-17-9-7-15-26(22)28/h1-18,20,23,31H,19,21H2/t23-/m0/s1. The topological polar surface area (TPSA) is 37.4 Å². The number of H-pyrrole nitrogens is 1. The quantitative estimate of drug-likeness (QED) is 0.343. The predicted molar refractivity (Wildman–Crippen MR) is 143 cm³/mol. The van der Waals surface area contributed by atoms with Gasteiger partial charge in [-0.1, -0.05) is 97.1 Å². The van der Waals surface area contributed by atoms with Crippen molar-refractivity contribution in [2.45, 2.75) is 12.5 Å². The number of aromatic amines is 1. The monoisotopic (exact) mass is 460 g/mol. The third-order valence-corrected chi connectivity index (χ3v) is 8.75. The predicted octanol–water partition coefficient (Wildman–Crippen LogP) is 5.31. The summed E-state index contributed by atoms with van der Waals surface area (Å²) in [6.07, 6.45) is 2.97. The minimum Gasteiger partial charge on any atom is -0.475 e. The van der Waals surface area contributed by atoms with Crippen molar-refractivity contribution in [2.24, 2.45) is 4.99 Å². The highest BCUT2D eigenvalue weighted by atomic mass is 31.1. The van der Waals surface area contributed by atoms with E-state index < -0.39 is 7.92 Å². The minimum absolute atomic E-state index is 0.113. The smallest absolute Gasteiger partial charge is 0.217 e. The summed E-state index contributed by atoms with van der Waals surface area (Å²) >= 11 is 0. The van der Waals surface area contributed by atoms with Crippen LogP contribution in [-0.2, 0) is 11.2 Å². The minimum atomic E-state index is -0.727. The van der Waals surface area contributed by atoms with E-state index in [4.69, 9.17) is 9.73 Å². The van der Waals surface area contributed by atoms with E-state index in [1.807, 2.05) is 0 Å². The number of aliphatic imine (C=N–C) groups is 1. The van der Waals surface area contributed by atoms with E-state index in [0.29, 0.717) is 6.61 Å². The molecule has 1 aliphatic rings. The molecule has 166 valence electrons. The molecule has 3 nitrogen and oxygen atoms in total. The Balaban J connectivity index is 1.36. The van der Waals surface area contributed by atoms with Gasteiger partial charge in [-0.2, -0.15) is 0 Å². The first-order valence-corrected chi connectivity index (χ1v) is 13.0. The largest absolute Gasteiger partial charge is 0.475 e. The molecule has 0 saturated heterocycles. The Morgan fingerprint density at radius 1 is 0.765 bits per heavy atom. The summed E-state index contributed by atoms with van der Waals surface area (Å²) in [6.45, 7) is 0.609. The van der Waals surface area contributed by atoms with Crippen LogP contribution >= 0.6 is 7.92 Å². The van der Waals surface area contributed by atoms with Crippen molar-refractivity contribution in [3.05, 3.63) is 127 Å². The van der Waals surface area contributed by atoms with Gasteiger partial charge in [0.25, 0.3) is 0 Å². The molecule has 0 bridgehead atoms. The first kappa shape index (κ1) is 20.9. The third kappa shape index (κ3) is 4.04. The molecule has 0 fully saturated rings. The number of fused-ring (bicyclic) bond motifs is 1. The molecule has 0 saturated carbocycles. The molecule has 1 N–H and O–H groups in total. The highest BCUT2D eigenvalue weighted by Crippen LogP contribution is 2.35. The fourth-order valence-electron chi connectivity index (χ4n) is 4.65. The van der Waals surface area contributed by atoms with Gasteiger partial charge in [0.2, 0.25) is 5.90 Å². The fraction of sp³-hybridized carbons (Fsp3) is 0.100. The van der Waals surface area contributed by atoms with Gasteiger partial charge in [0.15, 0.2) is 0 Å². The summed E-state index contributed by atoms with van der Waals surface area (Å²) in [5.41, 5.74) is 3.56. The summed E-state index contributed by atoms with van der Waals surface area (Å²) in [4.78, 5) is 8.44. The Morgan fingerprint density at radius 3 is 2.18 bits per heavy atom. The zero-order valence-electron chi connectivity index (χ0n) is 18.8. The van der Waals surface area contributed by atoms with E-state index in [1.54, 1.807) is 0 Å². The molecule has 0 spiro atoms. The number of rotatable bonds is 6. The van der Waals surface area contributed by atoms with E-state index in [9.17, 15) is 0 Å². The molecule has 0 aliphatic carbocycles. The summed E-state index contributed by atoms with van der Waals surface area (Å²) in [7, 11) is -0.727. The number of aromatic nitrogens is 1. The Hall–Kier alpha value is -3.68. The Kier molecular flexibility index (Phi) is 5.71. The van der Waals surface area contributed by atoms with E-state index >= 15 is 0 Å². The van der Waals surface area contributed by atoms with Crippen LogP contribution in [0.15, 0.2) is 120 Å². The van der Waals surface area contributed by atoms with Gasteiger partial charge < -0.3 is 9.72 Å². The van der Waals surface area contributed by atoms with E-state index in [0.717, 1.165) is 17.9 Å². The summed E-state index contributed by atoms with van der Waals surface area (Å²) in [5.74, 6) is 0.764. The van der Waals surface area contributed by atoms with Crippen molar-refractivity contribution in [1.29, 1.82) is 0 Å². The molecule has 5 aromatic rings. The molecule has 0 unspecified atom stereocenters. The van der Waals surface area contributed by atoms with Crippen LogP contribution in [0.5, 0.6) is 0 Å². The normalized spacial score (nSPS) is 15.4. The third-order valence-electron chi connectivity index (χ3n) is 6.25. The Labute approximate surface area is 200 Å². The molecule has 4 aromatic carbocycles. The highest BCUT2D eigenvalue weighted by Gasteiger charge is 2.26. The van der Waals surface area contributed by atoms with Gasteiger partial charge in [-0.05, 0) is 41.5 Å². The summed E-state index contributed by atoms with van der Waals surface area (Å²) in [6, 6.07) is 38.7. The lowest BCUT2D eigenvalue weighted by Gasteiger charge is -2.22. The lowest BCUT2D eigenvalue weighted by atomic mass is 10.1. The van der Waals surface area contributed by atoms with Crippen LogP contribution in [-0.4, -0.2) is 23.5 Å². The molecule has 0 radical (unpaired) electrons. The van der Waals surface area contributed by atoms with Crippen LogP contribution in [0.4, 0.5) is 0 Å². The fourth-order valence-corrected chi connectivity index (χ4v) is 7.09. The van der Waals surface area contributed by atoms with Crippen molar-refractivity contribution in [2.75, 3.05) is 6.61 Å². The van der Waals surface area contributed by atoms with Crippen molar-refractivity contribution < 1.29 is 4.74 Å². The molecule has 0 amide bonds. The van der Waals surface area contributed by atoms with Gasteiger partial charge in [-0.25, -0.2) is 4.99 Å². The molecule has 34 heavy (non-hydrogen) atoms. The van der Waals surface area contributed by atoms with Crippen molar-refractivity contribution in [3.63, 3.8) is 0 Å². The number of nitrogens with zero attached hydrogens (tertiary/aromatic N) is 1. The van der Waals surface area contributed by atoms with E-state index in [2.05, 4.69) is 120 Å². The number of hydrogen-bond acceptors (Lipinski definition) is 2. The number of hydrogen-bond donors (Lipinski definition) is 1. The Morgan fingerprint density at radius 2 is 1.41 bits per heavy atom. The maximum absolute atomic E-state index is 6.23. The molecular formula is C30H25N2OP. The zero-order chi connectivity index (χ0) is 22.7. The Bertz CT molecular complexity index is 1400. The van der Waals surface area contributed by atoms with Crippen LogP contribution in [0.1, 0.15) is 11.1 Å². The molecule has 1 atom stereocenters. The van der Waals surface area contributed by atoms with Gasteiger partial charge in [0.05, 0.1) is 6.04 Å². The van der Waals surface area contributed by atoms with Crippen molar-refractivity contribution >= 4 is 40.6 Å². The summed E-state index contributed by atoms with van der Waals surface area (Å²) in [5, 5.41) is 5.19. The molecular weight excluding hydrogens is 435 g/mol. The lowest BCUT2D eigenvalue weighted by Crippen LogP contribution is -2.25. The van der Waals surface area contributed by atoms with E-state index in [-0.39, 0.29) is 6.04 Å². The van der Waals surface area contributed by atoms with Crippen LogP contribution < -0.4 is 15.9 Å². The first-order chi connectivity index (χ1) is 16.9. The SMILES string of the molecule is c1ccc(P(c2ccccc2)c2ccccc2C2=N[C@@H](Cc3c[nH]c4ccccc34)CO2)cc1. The average Bonchev–Trinajstić information content (AvgIpc) is 3.54. The second-order valence-corrected chi connectivity index (χ2v) is 10.7. The maximum Gasteiger partial charge on any atom is 0.217 e. The molecule has 6 rings (SSSR count).